The van der Waals surface area contributed by atoms with E-state index in [2.05, 4.69) is 10.6 Å². The first-order chi connectivity index (χ1) is 13.1. The third-order valence-electron chi connectivity index (χ3n) is 3.64. The molecule has 0 saturated heterocycles. The molecule has 0 spiro atoms. The largest absolute Gasteiger partial charge is 0.325 e. The van der Waals surface area contributed by atoms with Gasteiger partial charge in [-0.25, -0.2) is 4.39 Å². The number of carbonyl (C=O) groups excluding carboxylic acids is 2. The smallest absolute Gasteiger partial charge is 0.258 e. The summed E-state index contributed by atoms with van der Waals surface area (Å²) >= 11 is 1.35. The monoisotopic (exact) mass is 380 g/mol. The zero-order valence-electron chi connectivity index (χ0n) is 14.3. The molecule has 0 bridgehead atoms. The van der Waals surface area contributed by atoms with Crippen molar-refractivity contribution in [3.8, 4) is 0 Å². The number of anilines is 2. The van der Waals surface area contributed by atoms with Crippen LogP contribution in [0.25, 0.3) is 0 Å². The van der Waals surface area contributed by atoms with Gasteiger partial charge in [-0.15, -0.1) is 11.8 Å². The first kappa shape index (κ1) is 18.7. The summed E-state index contributed by atoms with van der Waals surface area (Å²) in [5.74, 6) is -0.971. The van der Waals surface area contributed by atoms with E-state index in [1.165, 1.54) is 30.0 Å². The Morgan fingerprint density at radius 1 is 0.815 bits per heavy atom. The molecule has 0 unspecified atom stereocenters. The molecule has 0 aliphatic carbocycles. The third kappa shape index (κ3) is 5.43. The summed E-state index contributed by atoms with van der Waals surface area (Å²) in [7, 11) is 0. The molecule has 0 aromatic heterocycles. The fourth-order valence-corrected chi connectivity index (χ4v) is 3.13. The Morgan fingerprint density at radius 2 is 1.52 bits per heavy atom. The zero-order valence-corrected chi connectivity index (χ0v) is 15.1. The number of amides is 2. The average molecular weight is 380 g/mol. The Hall–Kier alpha value is -3.12. The SMILES string of the molecule is O=C(CSc1cccc(NC(=O)c2ccccc2F)c1)Nc1ccccc1. The fraction of sp³-hybridized carbons (Fsp3) is 0.0476. The van der Waals surface area contributed by atoms with Gasteiger partial charge in [0.2, 0.25) is 5.91 Å². The van der Waals surface area contributed by atoms with Crippen molar-refractivity contribution in [2.45, 2.75) is 4.90 Å². The molecule has 0 fully saturated rings. The predicted octanol–water partition coefficient (Wildman–Crippen LogP) is 4.81. The Morgan fingerprint density at radius 3 is 2.30 bits per heavy atom. The van der Waals surface area contributed by atoms with Crippen molar-refractivity contribution in [2.24, 2.45) is 0 Å². The number of halogens is 1. The number of thioether (sulfide) groups is 1. The molecule has 0 radical (unpaired) electrons. The van der Waals surface area contributed by atoms with Gasteiger partial charge in [0.1, 0.15) is 5.82 Å². The lowest BCUT2D eigenvalue weighted by molar-refractivity contribution is -0.113. The first-order valence-electron chi connectivity index (χ1n) is 8.25. The van der Waals surface area contributed by atoms with Crippen LogP contribution in [-0.4, -0.2) is 17.6 Å². The van der Waals surface area contributed by atoms with Crippen molar-refractivity contribution in [1.82, 2.24) is 0 Å². The minimum atomic E-state index is -0.571. The summed E-state index contributed by atoms with van der Waals surface area (Å²) < 4.78 is 13.7. The molecule has 3 aromatic rings. The number of nitrogens with one attached hydrogen (secondary N) is 2. The molecule has 6 heteroatoms. The molecule has 0 aliphatic heterocycles. The lowest BCUT2D eigenvalue weighted by atomic mass is 10.2. The molecule has 0 saturated carbocycles. The van der Waals surface area contributed by atoms with Crippen molar-refractivity contribution in [3.05, 3.63) is 90.2 Å². The normalized spacial score (nSPS) is 10.3. The molecule has 2 N–H and O–H groups in total. The number of hydrogen-bond acceptors (Lipinski definition) is 3. The second-order valence-corrected chi connectivity index (χ2v) is 6.71. The summed E-state index contributed by atoms with van der Waals surface area (Å²) in [5.41, 5.74) is 1.27. The van der Waals surface area contributed by atoms with Gasteiger partial charge in [-0.2, -0.15) is 0 Å². The van der Waals surface area contributed by atoms with E-state index in [9.17, 15) is 14.0 Å². The van der Waals surface area contributed by atoms with Crippen LogP contribution in [0.3, 0.4) is 0 Å². The van der Waals surface area contributed by atoms with Crippen molar-refractivity contribution in [1.29, 1.82) is 0 Å². The van der Waals surface area contributed by atoms with Crippen LogP contribution in [0.15, 0.2) is 83.8 Å². The standard InChI is InChI=1S/C21H17FN2O2S/c22-19-12-5-4-11-18(19)21(26)24-16-9-6-10-17(13-16)27-14-20(25)23-15-7-2-1-3-8-15/h1-13H,14H2,(H,23,25)(H,24,26). The number of carbonyl (C=O) groups is 2. The van der Waals surface area contributed by atoms with E-state index in [0.717, 1.165) is 10.6 Å². The molecule has 3 aromatic carbocycles. The fourth-order valence-electron chi connectivity index (χ4n) is 2.37. The summed E-state index contributed by atoms with van der Waals surface area (Å²) in [5, 5.41) is 5.49. The van der Waals surface area contributed by atoms with E-state index < -0.39 is 11.7 Å². The van der Waals surface area contributed by atoms with Gasteiger partial charge in [-0.05, 0) is 42.5 Å². The molecule has 3 rings (SSSR count). The van der Waals surface area contributed by atoms with Crippen molar-refractivity contribution in [3.63, 3.8) is 0 Å². The van der Waals surface area contributed by atoms with Crippen LogP contribution >= 0.6 is 11.8 Å². The Bertz CT molecular complexity index is 948. The highest BCUT2D eigenvalue weighted by molar-refractivity contribution is 8.00. The predicted molar refractivity (Wildman–Crippen MR) is 107 cm³/mol. The number of rotatable bonds is 6. The lowest BCUT2D eigenvalue weighted by Crippen LogP contribution is -2.14. The van der Waals surface area contributed by atoms with E-state index in [-0.39, 0.29) is 17.2 Å². The quantitative estimate of drug-likeness (QED) is 0.604. The van der Waals surface area contributed by atoms with Gasteiger partial charge in [-0.3, -0.25) is 9.59 Å². The number of hydrogen-bond donors (Lipinski definition) is 2. The molecule has 4 nitrogen and oxygen atoms in total. The Balaban J connectivity index is 1.58. The molecule has 0 atom stereocenters. The van der Waals surface area contributed by atoms with Gasteiger partial charge in [0.25, 0.3) is 5.91 Å². The summed E-state index contributed by atoms with van der Waals surface area (Å²) in [6.07, 6.45) is 0. The van der Waals surface area contributed by atoms with Crippen LogP contribution in [0.2, 0.25) is 0 Å². The number of benzene rings is 3. The van der Waals surface area contributed by atoms with Crippen LogP contribution < -0.4 is 10.6 Å². The van der Waals surface area contributed by atoms with Gasteiger partial charge in [-0.1, -0.05) is 36.4 Å². The van der Waals surface area contributed by atoms with Crippen LogP contribution in [0, 0.1) is 5.82 Å². The topological polar surface area (TPSA) is 58.2 Å². The Labute approximate surface area is 160 Å². The van der Waals surface area contributed by atoms with Crippen LogP contribution in [0.4, 0.5) is 15.8 Å². The van der Waals surface area contributed by atoms with E-state index in [1.807, 2.05) is 36.4 Å². The van der Waals surface area contributed by atoms with Gasteiger partial charge < -0.3 is 10.6 Å². The van der Waals surface area contributed by atoms with Crippen molar-refractivity contribution in [2.75, 3.05) is 16.4 Å². The molecular weight excluding hydrogens is 363 g/mol. The molecular formula is C21H17FN2O2S. The second-order valence-electron chi connectivity index (χ2n) is 5.66. The van der Waals surface area contributed by atoms with Gasteiger partial charge >= 0.3 is 0 Å². The third-order valence-corrected chi connectivity index (χ3v) is 4.63. The van der Waals surface area contributed by atoms with Gasteiger partial charge in [0, 0.05) is 16.3 Å². The highest BCUT2D eigenvalue weighted by Crippen LogP contribution is 2.22. The highest BCUT2D eigenvalue weighted by atomic mass is 32.2. The maximum Gasteiger partial charge on any atom is 0.258 e. The van der Waals surface area contributed by atoms with Crippen LogP contribution in [0.1, 0.15) is 10.4 Å². The maximum atomic E-state index is 13.7. The van der Waals surface area contributed by atoms with Gasteiger partial charge in [0.15, 0.2) is 0 Å². The molecule has 0 heterocycles. The first-order valence-corrected chi connectivity index (χ1v) is 9.24. The summed E-state index contributed by atoms with van der Waals surface area (Å²) in [6, 6.07) is 22.1. The average Bonchev–Trinajstić information content (AvgIpc) is 2.68. The van der Waals surface area contributed by atoms with Crippen molar-refractivity contribution >= 4 is 35.0 Å². The van der Waals surface area contributed by atoms with E-state index in [4.69, 9.17) is 0 Å². The summed E-state index contributed by atoms with van der Waals surface area (Å²) in [6.45, 7) is 0. The van der Waals surface area contributed by atoms with Crippen molar-refractivity contribution < 1.29 is 14.0 Å². The molecule has 2 amide bonds. The zero-order chi connectivity index (χ0) is 19.1. The minimum absolute atomic E-state index is 0.0159. The van der Waals surface area contributed by atoms with Crippen LogP contribution in [-0.2, 0) is 4.79 Å². The molecule has 0 aliphatic rings. The lowest BCUT2D eigenvalue weighted by Gasteiger charge is -2.08. The molecule has 27 heavy (non-hydrogen) atoms. The van der Waals surface area contributed by atoms with E-state index >= 15 is 0 Å². The minimum Gasteiger partial charge on any atom is -0.325 e. The van der Waals surface area contributed by atoms with E-state index in [0.29, 0.717) is 5.69 Å². The molecule has 136 valence electrons. The highest BCUT2D eigenvalue weighted by Gasteiger charge is 2.11. The number of para-hydroxylation sites is 1. The Kier molecular flexibility index (Phi) is 6.22. The second kappa shape index (κ2) is 9.00. The van der Waals surface area contributed by atoms with Gasteiger partial charge in [0.05, 0.1) is 11.3 Å². The van der Waals surface area contributed by atoms with E-state index in [1.54, 1.807) is 24.3 Å². The maximum absolute atomic E-state index is 13.7. The van der Waals surface area contributed by atoms with Crippen LogP contribution in [0.5, 0.6) is 0 Å². The summed E-state index contributed by atoms with van der Waals surface area (Å²) in [4.78, 5) is 25.0.